The third kappa shape index (κ3) is 8.43. The van der Waals surface area contributed by atoms with Crippen LogP contribution in [0.25, 0.3) is 0 Å². The van der Waals surface area contributed by atoms with Crippen LogP contribution in [-0.2, 0) is 16.0 Å². The monoisotopic (exact) mass is 569 g/mol. The fourth-order valence-electron chi connectivity index (χ4n) is 5.90. The third-order valence-electron chi connectivity index (χ3n) is 8.48. The first-order chi connectivity index (χ1) is 20.2. The van der Waals surface area contributed by atoms with Crippen molar-refractivity contribution in [1.82, 2.24) is 9.88 Å². The molecule has 0 aromatic carbocycles. The van der Waals surface area contributed by atoms with Crippen LogP contribution >= 0.6 is 0 Å². The molecule has 1 fully saturated rings. The molecule has 1 atom stereocenters. The maximum Gasteiger partial charge on any atom is 0.409 e. The highest BCUT2D eigenvalue weighted by Crippen LogP contribution is 2.33. The Morgan fingerprint density at radius 3 is 2.57 bits per heavy atom. The largest absolute Gasteiger partial charge is 0.450 e. The maximum atomic E-state index is 13.0. The van der Waals surface area contributed by atoms with E-state index in [4.69, 9.17) is 4.74 Å². The number of hydrogen-bond donors (Lipinski definition) is 0. The summed E-state index contributed by atoms with van der Waals surface area (Å²) in [6.45, 7) is 13.9. The number of nitrogens with zero attached hydrogens (tertiary/aromatic N) is 3. The van der Waals surface area contributed by atoms with Crippen LogP contribution in [0.15, 0.2) is 88.2 Å². The van der Waals surface area contributed by atoms with Gasteiger partial charge in [0.05, 0.1) is 18.5 Å². The molecular formula is C36H47N3O3. The van der Waals surface area contributed by atoms with Gasteiger partial charge in [0.25, 0.3) is 0 Å². The van der Waals surface area contributed by atoms with Crippen molar-refractivity contribution in [2.75, 3.05) is 37.7 Å². The lowest BCUT2D eigenvalue weighted by Crippen LogP contribution is -2.49. The van der Waals surface area contributed by atoms with Gasteiger partial charge in [-0.05, 0) is 93.7 Å². The van der Waals surface area contributed by atoms with Crippen LogP contribution in [0.1, 0.15) is 72.4 Å². The Kier molecular flexibility index (Phi) is 11.2. The van der Waals surface area contributed by atoms with Gasteiger partial charge in [0, 0.05) is 44.7 Å². The molecule has 3 aliphatic rings. The van der Waals surface area contributed by atoms with Crippen molar-refractivity contribution in [2.45, 2.75) is 73.1 Å². The summed E-state index contributed by atoms with van der Waals surface area (Å²) in [7, 11) is 0. The maximum absolute atomic E-state index is 13.0. The number of anilines is 1. The van der Waals surface area contributed by atoms with Crippen LogP contribution in [0.5, 0.6) is 0 Å². The molecule has 1 unspecified atom stereocenters. The SMILES string of the molecule is CCOC(=O)N1CCN(c2ccc(CCCC(=O)CC3=CCCC(C)=C(C4=CC=CC(C)C(C)=C4)C(C)=C3)nc2)CC1. The molecule has 6 nitrogen and oxygen atoms in total. The lowest BCUT2D eigenvalue weighted by Gasteiger charge is -2.35. The summed E-state index contributed by atoms with van der Waals surface area (Å²) in [6, 6.07) is 4.16. The summed E-state index contributed by atoms with van der Waals surface area (Å²) in [5, 5.41) is 0. The number of ether oxygens (including phenoxy) is 1. The van der Waals surface area contributed by atoms with E-state index in [-0.39, 0.29) is 11.9 Å². The number of piperazine rings is 1. The molecular weight excluding hydrogens is 522 g/mol. The van der Waals surface area contributed by atoms with Crippen molar-refractivity contribution < 1.29 is 14.3 Å². The fourth-order valence-corrected chi connectivity index (χ4v) is 5.90. The number of Topliss-reactive ketones (excluding diaryl/α,β-unsaturated/α-hetero) is 1. The molecule has 1 aliphatic heterocycles. The Morgan fingerprint density at radius 2 is 1.86 bits per heavy atom. The second-order valence-electron chi connectivity index (χ2n) is 11.7. The van der Waals surface area contributed by atoms with E-state index >= 15 is 0 Å². The smallest absolute Gasteiger partial charge is 0.409 e. The van der Waals surface area contributed by atoms with E-state index in [0.29, 0.717) is 38.5 Å². The number of aromatic nitrogens is 1. The Morgan fingerprint density at radius 1 is 1.07 bits per heavy atom. The van der Waals surface area contributed by atoms with Gasteiger partial charge in [-0.25, -0.2) is 4.79 Å². The molecule has 0 radical (unpaired) electrons. The number of rotatable bonds is 9. The first kappa shape index (κ1) is 31.3. The molecule has 42 heavy (non-hydrogen) atoms. The zero-order chi connectivity index (χ0) is 30.1. The normalized spacial score (nSPS) is 19.7. The van der Waals surface area contributed by atoms with Crippen molar-refractivity contribution in [3.63, 3.8) is 0 Å². The van der Waals surface area contributed by atoms with Crippen molar-refractivity contribution in [3.8, 4) is 0 Å². The van der Waals surface area contributed by atoms with Crippen molar-refractivity contribution >= 4 is 17.6 Å². The van der Waals surface area contributed by atoms with E-state index in [1.54, 1.807) is 4.90 Å². The summed E-state index contributed by atoms with van der Waals surface area (Å²) in [5.74, 6) is 0.726. The highest BCUT2D eigenvalue weighted by atomic mass is 16.6. The zero-order valence-electron chi connectivity index (χ0n) is 26.1. The molecule has 6 heteroatoms. The molecule has 1 saturated heterocycles. The number of aryl methyl sites for hydroxylation is 1. The zero-order valence-corrected chi connectivity index (χ0v) is 26.1. The highest BCUT2D eigenvalue weighted by Gasteiger charge is 2.22. The van der Waals surface area contributed by atoms with Gasteiger partial charge in [0.2, 0.25) is 0 Å². The lowest BCUT2D eigenvalue weighted by atomic mass is 9.87. The number of allylic oxidation sites excluding steroid dienone is 12. The lowest BCUT2D eigenvalue weighted by molar-refractivity contribution is -0.118. The second kappa shape index (κ2) is 15.0. The average molecular weight is 570 g/mol. The second-order valence-corrected chi connectivity index (χ2v) is 11.7. The van der Waals surface area contributed by atoms with Crippen LogP contribution in [-0.4, -0.2) is 54.5 Å². The number of carbonyl (C=O) groups excluding carboxylic acids is 2. The van der Waals surface area contributed by atoms with Gasteiger partial charge in [-0.2, -0.15) is 0 Å². The van der Waals surface area contributed by atoms with Crippen LogP contribution in [0, 0.1) is 5.92 Å². The van der Waals surface area contributed by atoms with Gasteiger partial charge in [-0.3, -0.25) is 9.78 Å². The molecule has 0 bridgehead atoms. The molecule has 0 saturated carbocycles. The summed E-state index contributed by atoms with van der Waals surface area (Å²) in [5.41, 5.74) is 9.80. The van der Waals surface area contributed by atoms with Gasteiger partial charge in [0.1, 0.15) is 5.78 Å². The van der Waals surface area contributed by atoms with Crippen LogP contribution in [0.2, 0.25) is 0 Å². The van der Waals surface area contributed by atoms with Crippen molar-refractivity contribution in [3.05, 3.63) is 93.9 Å². The van der Waals surface area contributed by atoms with Gasteiger partial charge >= 0.3 is 6.09 Å². The molecule has 224 valence electrons. The molecule has 1 amide bonds. The van der Waals surface area contributed by atoms with E-state index in [2.05, 4.69) is 86.2 Å². The minimum absolute atomic E-state index is 0.235. The molecule has 0 spiro atoms. The van der Waals surface area contributed by atoms with E-state index in [9.17, 15) is 9.59 Å². The first-order valence-electron chi connectivity index (χ1n) is 15.5. The van der Waals surface area contributed by atoms with Gasteiger partial charge in [-0.1, -0.05) is 54.5 Å². The molecule has 2 aliphatic carbocycles. The predicted octanol–water partition coefficient (Wildman–Crippen LogP) is 7.70. The molecule has 2 heterocycles. The minimum atomic E-state index is -0.235. The van der Waals surface area contributed by atoms with Gasteiger partial charge < -0.3 is 14.5 Å². The Balaban J connectivity index is 1.27. The number of hydrogen-bond acceptors (Lipinski definition) is 5. The van der Waals surface area contributed by atoms with Crippen LogP contribution < -0.4 is 4.90 Å². The molecule has 4 rings (SSSR count). The molecule has 1 aromatic rings. The third-order valence-corrected chi connectivity index (χ3v) is 8.48. The Bertz CT molecular complexity index is 1320. The molecule has 1 aromatic heterocycles. The van der Waals surface area contributed by atoms with Crippen LogP contribution in [0.4, 0.5) is 10.5 Å². The number of carbonyl (C=O) groups is 2. The summed E-state index contributed by atoms with van der Waals surface area (Å²) in [4.78, 5) is 33.6. The van der Waals surface area contributed by atoms with E-state index in [1.807, 2.05) is 13.1 Å². The standard InChI is InChI=1S/C36H47N3O3/c1-6-42-36(41)39-20-18-38(19-21-39)33-17-16-32(37-25-33)14-9-15-34(40)24-30-12-7-11-27(3)35(29(5)22-30)31-13-8-10-26(2)28(4)23-31/h8,10,12-13,16-17,22-23,25-26H,6-7,9,11,14-15,18-21,24H2,1-5H3. The van der Waals surface area contributed by atoms with Gasteiger partial charge in [0.15, 0.2) is 0 Å². The first-order valence-corrected chi connectivity index (χ1v) is 15.5. The topological polar surface area (TPSA) is 62.7 Å². The van der Waals surface area contributed by atoms with E-state index in [1.165, 1.54) is 27.9 Å². The predicted molar refractivity (Wildman–Crippen MR) is 172 cm³/mol. The summed E-state index contributed by atoms with van der Waals surface area (Å²) < 4.78 is 5.11. The van der Waals surface area contributed by atoms with Crippen molar-refractivity contribution in [1.29, 1.82) is 0 Å². The van der Waals surface area contributed by atoms with Crippen molar-refractivity contribution in [2.24, 2.45) is 5.92 Å². The van der Waals surface area contributed by atoms with Gasteiger partial charge in [-0.15, -0.1) is 0 Å². The Labute approximate surface area is 252 Å². The van der Waals surface area contributed by atoms with E-state index < -0.39 is 0 Å². The average Bonchev–Trinajstić information content (AvgIpc) is 3.12. The number of pyridine rings is 1. The minimum Gasteiger partial charge on any atom is -0.450 e. The molecule has 0 N–H and O–H groups in total. The van der Waals surface area contributed by atoms with E-state index in [0.717, 1.165) is 55.7 Å². The summed E-state index contributed by atoms with van der Waals surface area (Å²) in [6.07, 6.45) is 19.7. The number of amides is 1. The quantitative estimate of drug-likeness (QED) is 0.305. The number of ketones is 1. The fraction of sp³-hybridized carbons (Fsp3) is 0.472. The Hall–Kier alpha value is -3.67. The van der Waals surface area contributed by atoms with Crippen LogP contribution in [0.3, 0.4) is 0 Å². The highest BCUT2D eigenvalue weighted by molar-refractivity contribution is 5.81. The summed E-state index contributed by atoms with van der Waals surface area (Å²) >= 11 is 0.